The number of hydrogen-bond acceptors (Lipinski definition) is 6. The van der Waals surface area contributed by atoms with Crippen LogP contribution in [-0.2, 0) is 0 Å². The van der Waals surface area contributed by atoms with Gasteiger partial charge in [-0.15, -0.1) is 11.3 Å². The third kappa shape index (κ3) is 5.46. The first-order chi connectivity index (χ1) is 27.7. The molecule has 5 nitrogen and oxygen atoms in total. The van der Waals surface area contributed by atoms with Crippen molar-refractivity contribution in [1.29, 1.82) is 0 Å². The van der Waals surface area contributed by atoms with E-state index in [1.165, 1.54) is 25.7 Å². The molecule has 11 rings (SSSR count). The predicted molar refractivity (Wildman–Crippen MR) is 230 cm³/mol. The Labute approximate surface area is 326 Å². The third-order valence-corrected chi connectivity index (χ3v) is 11.7. The Hall–Kier alpha value is -7.28. The highest BCUT2D eigenvalue weighted by atomic mass is 32.1. The smallest absolute Gasteiger partial charge is 0.160 e. The molecule has 0 unspecified atom stereocenters. The van der Waals surface area contributed by atoms with Crippen LogP contribution in [0.15, 0.2) is 187 Å². The van der Waals surface area contributed by atoms with Crippen molar-refractivity contribution < 1.29 is 4.42 Å². The standard InChI is InChI=1S/C50H30N4OS/c1-3-12-31(13-4-1)35-29-51-49(52-30-35)33-22-24-34(25-23-33)50-53-42(32-14-5-2-6-15-32)28-43(54-50)40-27-26-37(46-41-17-7-9-20-44(41)55-47(40)46)39-19-11-18-38-36-16-8-10-21-45(36)56-48(38)39/h1-30H. The second-order valence-corrected chi connectivity index (χ2v) is 14.9. The average Bonchev–Trinajstić information content (AvgIpc) is 3.86. The number of rotatable bonds is 6. The van der Waals surface area contributed by atoms with E-state index in [2.05, 4.69) is 107 Å². The van der Waals surface area contributed by atoms with Gasteiger partial charge < -0.3 is 4.42 Å². The maximum Gasteiger partial charge on any atom is 0.160 e. The van der Waals surface area contributed by atoms with Gasteiger partial charge in [0, 0.05) is 76.7 Å². The van der Waals surface area contributed by atoms with Crippen molar-refractivity contribution in [2.45, 2.75) is 0 Å². The molecule has 7 aromatic carbocycles. The molecular weight excluding hydrogens is 705 g/mol. The molecule has 56 heavy (non-hydrogen) atoms. The number of hydrogen-bond donors (Lipinski definition) is 0. The van der Waals surface area contributed by atoms with Crippen LogP contribution in [0.4, 0.5) is 0 Å². The average molecular weight is 735 g/mol. The van der Waals surface area contributed by atoms with Crippen molar-refractivity contribution >= 4 is 53.4 Å². The Kier molecular flexibility index (Phi) is 7.60. The van der Waals surface area contributed by atoms with Crippen LogP contribution in [0, 0.1) is 0 Å². The zero-order valence-corrected chi connectivity index (χ0v) is 30.7. The lowest BCUT2D eigenvalue weighted by Crippen LogP contribution is -1.97. The molecule has 0 fully saturated rings. The van der Waals surface area contributed by atoms with Crippen molar-refractivity contribution in [1.82, 2.24) is 19.9 Å². The van der Waals surface area contributed by atoms with Crippen LogP contribution in [0.2, 0.25) is 0 Å². The highest BCUT2D eigenvalue weighted by Gasteiger charge is 2.21. The van der Waals surface area contributed by atoms with Crippen molar-refractivity contribution in [2.24, 2.45) is 0 Å². The number of aromatic nitrogens is 4. The summed E-state index contributed by atoms with van der Waals surface area (Å²) in [5.41, 5.74) is 11.4. The molecule has 0 aliphatic carbocycles. The van der Waals surface area contributed by atoms with Crippen LogP contribution in [0.1, 0.15) is 0 Å². The summed E-state index contributed by atoms with van der Waals surface area (Å²) in [7, 11) is 0. The van der Waals surface area contributed by atoms with Gasteiger partial charge in [-0.1, -0.05) is 146 Å². The van der Waals surface area contributed by atoms with Crippen LogP contribution >= 0.6 is 11.3 Å². The van der Waals surface area contributed by atoms with Gasteiger partial charge in [0.25, 0.3) is 0 Å². The number of thiophene rings is 1. The molecule has 0 bridgehead atoms. The second-order valence-electron chi connectivity index (χ2n) is 13.8. The monoisotopic (exact) mass is 734 g/mol. The summed E-state index contributed by atoms with van der Waals surface area (Å²) in [5, 5.41) is 4.70. The van der Waals surface area contributed by atoms with E-state index in [-0.39, 0.29) is 0 Å². The highest BCUT2D eigenvalue weighted by Crippen LogP contribution is 2.46. The van der Waals surface area contributed by atoms with E-state index >= 15 is 0 Å². The van der Waals surface area contributed by atoms with Gasteiger partial charge in [-0.05, 0) is 35.4 Å². The molecule has 0 N–H and O–H groups in total. The lowest BCUT2D eigenvalue weighted by Gasteiger charge is -2.12. The van der Waals surface area contributed by atoms with Crippen molar-refractivity contribution in [3.05, 3.63) is 182 Å². The molecule has 4 aromatic heterocycles. The second kappa shape index (κ2) is 13.2. The predicted octanol–water partition coefficient (Wildman–Crippen LogP) is 13.5. The molecule has 0 saturated carbocycles. The van der Waals surface area contributed by atoms with Crippen LogP contribution < -0.4 is 0 Å². The topological polar surface area (TPSA) is 64.7 Å². The first-order valence-corrected chi connectivity index (χ1v) is 19.3. The van der Waals surface area contributed by atoms with E-state index in [9.17, 15) is 0 Å². The van der Waals surface area contributed by atoms with Gasteiger partial charge in [-0.25, -0.2) is 19.9 Å². The van der Waals surface area contributed by atoms with Gasteiger partial charge in [0.15, 0.2) is 11.6 Å². The SMILES string of the molecule is c1ccc(-c2cnc(-c3ccc(-c4nc(-c5ccccc5)cc(-c5ccc(-c6cccc7c6sc6ccccc67)c6c5oc5ccccc56)n4)cc3)nc2)cc1. The number of nitrogens with zero attached hydrogens (tertiary/aromatic N) is 4. The van der Waals surface area contributed by atoms with Crippen LogP contribution in [0.25, 0.3) is 110 Å². The molecule has 262 valence electrons. The summed E-state index contributed by atoms with van der Waals surface area (Å²) in [6.07, 6.45) is 3.74. The van der Waals surface area contributed by atoms with E-state index in [1.807, 2.05) is 96.5 Å². The summed E-state index contributed by atoms with van der Waals surface area (Å²) in [6.45, 7) is 0. The molecule has 11 aromatic rings. The molecule has 0 amide bonds. The molecule has 6 heteroatoms. The first kappa shape index (κ1) is 32.2. The van der Waals surface area contributed by atoms with Gasteiger partial charge in [-0.3, -0.25) is 0 Å². The van der Waals surface area contributed by atoms with E-state index in [0.717, 1.165) is 72.3 Å². The Bertz CT molecular complexity index is 3230. The van der Waals surface area contributed by atoms with E-state index in [0.29, 0.717) is 11.6 Å². The third-order valence-electron chi connectivity index (χ3n) is 10.5. The maximum absolute atomic E-state index is 6.79. The van der Waals surface area contributed by atoms with Gasteiger partial charge in [0.05, 0.1) is 11.4 Å². The minimum absolute atomic E-state index is 0.622. The maximum atomic E-state index is 6.79. The Balaban J connectivity index is 1.06. The van der Waals surface area contributed by atoms with E-state index < -0.39 is 0 Å². The molecular formula is C50H30N4OS. The van der Waals surface area contributed by atoms with Gasteiger partial charge in [0.1, 0.15) is 11.2 Å². The summed E-state index contributed by atoms with van der Waals surface area (Å²) < 4.78 is 9.34. The Morgan fingerprint density at radius 1 is 0.411 bits per heavy atom. The largest absolute Gasteiger partial charge is 0.455 e. The summed E-state index contributed by atoms with van der Waals surface area (Å²) >= 11 is 1.84. The lowest BCUT2D eigenvalue weighted by molar-refractivity contribution is 0.670. The van der Waals surface area contributed by atoms with Crippen LogP contribution in [0.5, 0.6) is 0 Å². The van der Waals surface area contributed by atoms with Crippen molar-refractivity contribution in [3.63, 3.8) is 0 Å². The van der Waals surface area contributed by atoms with Gasteiger partial charge in [0.2, 0.25) is 0 Å². The molecule has 0 atom stereocenters. The molecule has 4 heterocycles. The Morgan fingerprint density at radius 2 is 1.04 bits per heavy atom. The van der Waals surface area contributed by atoms with Crippen molar-refractivity contribution in [2.75, 3.05) is 0 Å². The minimum atomic E-state index is 0.622. The zero-order chi connectivity index (χ0) is 37.0. The normalized spacial score (nSPS) is 11.6. The van der Waals surface area contributed by atoms with E-state index in [4.69, 9.17) is 14.4 Å². The van der Waals surface area contributed by atoms with Crippen LogP contribution in [-0.4, -0.2) is 19.9 Å². The minimum Gasteiger partial charge on any atom is -0.455 e. The fourth-order valence-corrected chi connectivity index (χ4v) is 8.94. The quantitative estimate of drug-likeness (QED) is 0.170. The molecule has 0 radical (unpaired) electrons. The molecule has 0 saturated heterocycles. The molecule has 0 aliphatic rings. The number of furan rings is 1. The van der Waals surface area contributed by atoms with E-state index in [1.54, 1.807) is 0 Å². The molecule has 0 spiro atoms. The molecule has 0 aliphatic heterocycles. The van der Waals surface area contributed by atoms with Crippen LogP contribution in [0.3, 0.4) is 0 Å². The van der Waals surface area contributed by atoms with Crippen molar-refractivity contribution in [3.8, 4) is 67.5 Å². The number of para-hydroxylation sites is 1. The fraction of sp³-hybridized carbons (Fsp3) is 0. The van der Waals surface area contributed by atoms with Gasteiger partial charge in [-0.2, -0.15) is 0 Å². The first-order valence-electron chi connectivity index (χ1n) is 18.5. The number of benzene rings is 7. The highest BCUT2D eigenvalue weighted by molar-refractivity contribution is 7.26. The Morgan fingerprint density at radius 3 is 1.82 bits per heavy atom. The number of fused-ring (bicyclic) bond motifs is 6. The lowest BCUT2D eigenvalue weighted by atomic mass is 9.95. The van der Waals surface area contributed by atoms with Gasteiger partial charge >= 0.3 is 0 Å². The summed E-state index contributed by atoms with van der Waals surface area (Å²) in [4.78, 5) is 19.7. The summed E-state index contributed by atoms with van der Waals surface area (Å²) in [5.74, 6) is 1.28. The fourth-order valence-electron chi connectivity index (χ4n) is 7.71. The summed E-state index contributed by atoms with van der Waals surface area (Å²) in [6, 6.07) is 58.6. The zero-order valence-electron chi connectivity index (χ0n) is 29.9.